The van der Waals surface area contributed by atoms with E-state index in [-0.39, 0.29) is 0 Å². The summed E-state index contributed by atoms with van der Waals surface area (Å²) < 4.78 is 17.5. The zero-order chi connectivity index (χ0) is 15.3. The standard InChI is InChI=1S/C5H10O5.2H3O3P/c6-1-3(8)5(10)4(9)2-7;2*1-4(2)3/h3,5-8,10H,1-2H2;2*4H,(H2,1,2,3)/t3-,5-;;/m1../s1. The topological polar surface area (TPSA) is 213 Å². The highest BCUT2D eigenvalue weighted by Crippen LogP contribution is 1.99. The fourth-order valence-electron chi connectivity index (χ4n) is 0.408. The molecule has 0 radical (unpaired) electrons. The summed E-state index contributed by atoms with van der Waals surface area (Å²) in [6, 6.07) is 0. The van der Waals surface area contributed by atoms with Crippen LogP contribution in [0, 0.1) is 0 Å². The van der Waals surface area contributed by atoms with Crippen molar-refractivity contribution in [1.29, 1.82) is 0 Å². The van der Waals surface area contributed by atoms with Gasteiger partial charge in [-0.1, -0.05) is 0 Å². The second-order valence-corrected chi connectivity index (χ2v) is 3.51. The van der Waals surface area contributed by atoms with Crippen LogP contribution in [-0.2, 0) is 13.9 Å². The summed E-state index contributed by atoms with van der Waals surface area (Å²) >= 11 is 0. The molecule has 0 aromatic heterocycles. The van der Waals surface area contributed by atoms with Gasteiger partial charge in [0.1, 0.15) is 18.8 Å². The molecule has 0 aliphatic heterocycles. The predicted octanol–water partition coefficient (Wildman–Crippen LogP) is -4.02. The fourth-order valence-corrected chi connectivity index (χ4v) is 0.408. The molecule has 0 aromatic carbocycles. The van der Waals surface area contributed by atoms with Gasteiger partial charge in [-0.2, -0.15) is 0 Å². The third-order valence-corrected chi connectivity index (χ3v) is 1.04. The Morgan fingerprint density at radius 1 is 0.944 bits per heavy atom. The van der Waals surface area contributed by atoms with E-state index in [1.54, 1.807) is 0 Å². The Bertz CT molecular complexity index is 236. The molecule has 0 aliphatic rings. The van der Waals surface area contributed by atoms with E-state index in [2.05, 4.69) is 0 Å². The van der Waals surface area contributed by atoms with E-state index in [1.807, 2.05) is 0 Å². The molecule has 0 heterocycles. The number of rotatable bonds is 4. The van der Waals surface area contributed by atoms with Gasteiger partial charge in [0.2, 0.25) is 0 Å². The third-order valence-electron chi connectivity index (χ3n) is 1.04. The van der Waals surface area contributed by atoms with Crippen LogP contribution in [0.15, 0.2) is 0 Å². The van der Waals surface area contributed by atoms with E-state index < -0.39 is 47.7 Å². The van der Waals surface area contributed by atoms with E-state index in [1.165, 1.54) is 0 Å². The number of carbonyl (C=O) groups excluding carboxylic acids is 1. The maximum Gasteiger partial charge on any atom is 0.314 e. The molecule has 0 aromatic rings. The van der Waals surface area contributed by atoms with Crippen molar-refractivity contribution in [3.8, 4) is 0 Å². The van der Waals surface area contributed by atoms with Gasteiger partial charge in [0.05, 0.1) is 6.61 Å². The molecule has 0 spiro atoms. The number of aliphatic hydroxyl groups excluding tert-OH is 4. The predicted molar refractivity (Wildman–Crippen MR) is 58.1 cm³/mol. The van der Waals surface area contributed by atoms with Crippen molar-refractivity contribution in [2.75, 3.05) is 13.2 Å². The molecule has 0 unspecified atom stereocenters. The minimum absolute atomic E-state index is 0.701. The van der Waals surface area contributed by atoms with E-state index >= 15 is 0 Å². The Morgan fingerprint density at radius 3 is 1.39 bits per heavy atom. The maximum absolute atomic E-state index is 10.3. The molecule has 13 heteroatoms. The number of aliphatic hydroxyl groups is 4. The van der Waals surface area contributed by atoms with Crippen molar-refractivity contribution in [3.63, 3.8) is 0 Å². The second kappa shape index (κ2) is 14.9. The molecule has 0 rings (SSSR count). The van der Waals surface area contributed by atoms with Crippen molar-refractivity contribution in [3.05, 3.63) is 0 Å². The number of carbonyl (C=O) groups is 1. The lowest BCUT2D eigenvalue weighted by Gasteiger charge is -2.11. The summed E-state index contributed by atoms with van der Waals surface area (Å²) in [7, 11) is -6.26. The average molecular weight is 314 g/mol. The number of hydrogen-bond donors (Lipinski definition) is 8. The second-order valence-electron chi connectivity index (χ2n) is 2.38. The van der Waals surface area contributed by atoms with E-state index in [0.29, 0.717) is 0 Å². The molecular weight excluding hydrogens is 298 g/mol. The quantitative estimate of drug-likeness (QED) is 0.234. The van der Waals surface area contributed by atoms with Crippen molar-refractivity contribution in [2.45, 2.75) is 12.2 Å². The Kier molecular flexibility index (Phi) is 19.0. The first kappa shape index (κ1) is 22.9. The minimum Gasteiger partial charge on any atom is -0.394 e. The fraction of sp³-hybridized carbons (Fsp3) is 0.800. The van der Waals surface area contributed by atoms with Crippen LogP contribution in [0.1, 0.15) is 0 Å². The first-order valence-electron chi connectivity index (χ1n) is 4.04. The molecule has 0 amide bonds. The monoisotopic (exact) mass is 314 g/mol. The maximum atomic E-state index is 10.3. The van der Waals surface area contributed by atoms with E-state index in [9.17, 15) is 4.79 Å². The molecule has 0 saturated carbocycles. The summed E-state index contributed by atoms with van der Waals surface area (Å²) in [4.78, 5) is 39.0. The van der Waals surface area contributed by atoms with Gasteiger partial charge in [-0.15, -0.1) is 0 Å². The number of hydrogen-bond acceptors (Lipinski definition) is 7. The molecular formula is C5H16O11P2. The van der Waals surface area contributed by atoms with Crippen molar-refractivity contribution < 1.29 is 53.9 Å². The van der Waals surface area contributed by atoms with Crippen molar-refractivity contribution in [2.24, 2.45) is 0 Å². The van der Waals surface area contributed by atoms with Gasteiger partial charge in [-0.25, -0.2) is 0 Å². The summed E-state index contributed by atoms with van der Waals surface area (Å²) in [6.07, 6.45) is -3.19. The third kappa shape index (κ3) is 24.9. The van der Waals surface area contributed by atoms with Crippen LogP contribution in [0.2, 0.25) is 0 Å². The van der Waals surface area contributed by atoms with Gasteiger partial charge in [-0.3, -0.25) is 13.9 Å². The lowest BCUT2D eigenvalue weighted by molar-refractivity contribution is -0.137. The van der Waals surface area contributed by atoms with Crippen LogP contribution in [0.4, 0.5) is 0 Å². The molecule has 2 atom stereocenters. The molecule has 11 nitrogen and oxygen atoms in total. The van der Waals surface area contributed by atoms with Crippen LogP contribution in [-0.4, -0.2) is 71.2 Å². The number of Topliss-reactive ketones (excluding diaryl/α,β-unsaturated/α-hetero) is 1. The van der Waals surface area contributed by atoms with Gasteiger partial charge in [0, 0.05) is 0 Å². The zero-order valence-corrected chi connectivity index (χ0v) is 10.9. The van der Waals surface area contributed by atoms with Gasteiger partial charge in [0.25, 0.3) is 0 Å². The van der Waals surface area contributed by atoms with Gasteiger partial charge < -0.3 is 40.0 Å². The first-order chi connectivity index (χ1) is 8.09. The number of ketones is 1. The summed E-state index contributed by atoms with van der Waals surface area (Å²) in [5.74, 6) is -0.901. The van der Waals surface area contributed by atoms with Gasteiger partial charge in [-0.05, 0) is 0 Å². The summed E-state index contributed by atoms with van der Waals surface area (Å²) in [5, 5.41) is 33.6. The van der Waals surface area contributed by atoms with Crippen molar-refractivity contribution in [1.82, 2.24) is 0 Å². The Balaban J connectivity index is -0.000000233. The summed E-state index contributed by atoms with van der Waals surface area (Å²) in [6.45, 7) is -1.54. The molecule has 8 N–H and O–H groups in total. The van der Waals surface area contributed by atoms with Crippen LogP contribution in [0.5, 0.6) is 0 Å². The van der Waals surface area contributed by atoms with Crippen LogP contribution in [0.3, 0.4) is 0 Å². The average Bonchev–Trinajstić information content (AvgIpc) is 2.24. The Hall–Kier alpha value is -0.190. The highest BCUT2D eigenvalue weighted by Gasteiger charge is 2.21. The Morgan fingerprint density at radius 2 is 1.22 bits per heavy atom. The van der Waals surface area contributed by atoms with Crippen LogP contribution < -0.4 is 0 Å². The summed E-state index contributed by atoms with van der Waals surface area (Å²) in [5.41, 5.74) is 0. The molecule has 0 bridgehead atoms. The van der Waals surface area contributed by atoms with Crippen LogP contribution in [0.25, 0.3) is 0 Å². The smallest absolute Gasteiger partial charge is 0.314 e. The highest BCUT2D eigenvalue weighted by molar-refractivity contribution is 7.31. The highest BCUT2D eigenvalue weighted by atomic mass is 31.1. The normalized spacial score (nSPS) is 13.0. The lowest BCUT2D eigenvalue weighted by atomic mass is 10.1. The first-order valence-corrected chi connectivity index (χ1v) is 6.64. The largest absolute Gasteiger partial charge is 0.394 e. The van der Waals surface area contributed by atoms with E-state index in [0.717, 1.165) is 0 Å². The Labute approximate surface area is 102 Å². The van der Waals surface area contributed by atoms with Gasteiger partial charge >= 0.3 is 16.5 Å². The molecule has 112 valence electrons. The minimum atomic E-state index is -3.13. The molecule has 0 fully saturated rings. The SMILES string of the molecule is O=C(CO)[C@H](O)[C@H](O)CO.O=[PH](O)O.O=[PH](O)O. The van der Waals surface area contributed by atoms with Crippen LogP contribution >= 0.6 is 16.5 Å². The van der Waals surface area contributed by atoms with E-state index in [4.69, 9.17) is 49.1 Å². The molecule has 18 heavy (non-hydrogen) atoms. The lowest BCUT2D eigenvalue weighted by Crippen LogP contribution is -2.37. The van der Waals surface area contributed by atoms with Crippen molar-refractivity contribution >= 4 is 22.3 Å². The molecule has 0 saturated heterocycles. The van der Waals surface area contributed by atoms with Gasteiger partial charge in [0.15, 0.2) is 5.78 Å². The molecule has 0 aliphatic carbocycles. The zero-order valence-electron chi connectivity index (χ0n) is 8.87.